The number of thiazole rings is 1. The second kappa shape index (κ2) is 8.81. The first kappa shape index (κ1) is 20.9. The zero-order valence-corrected chi connectivity index (χ0v) is 18.9. The van der Waals surface area contributed by atoms with Crippen LogP contribution in [-0.2, 0) is 27.8 Å². The van der Waals surface area contributed by atoms with E-state index in [1.807, 2.05) is 0 Å². The van der Waals surface area contributed by atoms with Gasteiger partial charge in [0.25, 0.3) is 10.0 Å². The molecule has 4 rings (SSSR count). The van der Waals surface area contributed by atoms with Crippen molar-refractivity contribution in [2.75, 3.05) is 31.5 Å². The van der Waals surface area contributed by atoms with Gasteiger partial charge in [-0.3, -0.25) is 9.69 Å². The minimum absolute atomic E-state index is 0.0466. The molecule has 158 valence electrons. The summed E-state index contributed by atoms with van der Waals surface area (Å²) in [5, 5.41) is 5.42. The lowest BCUT2D eigenvalue weighted by Gasteiger charge is -2.29. The monoisotopic (exact) mass is 454 g/mol. The highest BCUT2D eigenvalue weighted by Gasteiger charge is 2.33. The number of rotatable bonds is 6. The smallest absolute Gasteiger partial charge is 0.252 e. The molecule has 0 aromatic carbocycles. The Morgan fingerprint density at radius 3 is 2.79 bits per heavy atom. The Hall–Kier alpha value is -1.33. The second-order valence-corrected chi connectivity index (χ2v) is 11.7. The molecule has 1 saturated heterocycles. The topological polar surface area (TPSA) is 82.6 Å². The summed E-state index contributed by atoms with van der Waals surface area (Å²) in [6.07, 6.45) is 3.14. The number of amides is 1. The van der Waals surface area contributed by atoms with Crippen molar-refractivity contribution < 1.29 is 13.2 Å². The number of carbonyl (C=O) groups excluding carboxylic acids is 1. The molecular formula is C19H26N4O3S3. The largest absolute Gasteiger partial charge is 0.302 e. The van der Waals surface area contributed by atoms with Crippen molar-refractivity contribution in [1.82, 2.24) is 14.2 Å². The molecule has 0 spiro atoms. The summed E-state index contributed by atoms with van der Waals surface area (Å²) >= 11 is 2.80. The predicted molar refractivity (Wildman–Crippen MR) is 116 cm³/mol. The lowest BCUT2D eigenvalue weighted by Crippen LogP contribution is -2.41. The molecule has 0 saturated carbocycles. The molecule has 0 unspecified atom stereocenters. The number of carbonyl (C=O) groups is 1. The fraction of sp³-hybridized carbons (Fsp3) is 0.579. The summed E-state index contributed by atoms with van der Waals surface area (Å²) in [5.74, 6) is -0.225. The zero-order chi connectivity index (χ0) is 20.4. The van der Waals surface area contributed by atoms with Crippen LogP contribution in [0.5, 0.6) is 0 Å². The van der Waals surface area contributed by atoms with Gasteiger partial charge in [-0.05, 0) is 37.3 Å². The number of anilines is 1. The van der Waals surface area contributed by atoms with E-state index in [4.69, 9.17) is 0 Å². The van der Waals surface area contributed by atoms with Crippen molar-refractivity contribution in [1.29, 1.82) is 0 Å². The maximum Gasteiger partial charge on any atom is 0.252 e. The van der Waals surface area contributed by atoms with E-state index in [1.165, 1.54) is 20.5 Å². The SMILES string of the molecule is CCCN1CCc2nc(NC(=O)C3CCN(S(=O)(=O)c4cccs4)CC3)sc2C1. The Labute approximate surface area is 179 Å². The number of hydrogen-bond donors (Lipinski definition) is 1. The van der Waals surface area contributed by atoms with Gasteiger partial charge in [0, 0.05) is 43.4 Å². The first-order valence-corrected chi connectivity index (χ1v) is 13.2. The van der Waals surface area contributed by atoms with Gasteiger partial charge in [-0.15, -0.1) is 22.7 Å². The first-order chi connectivity index (χ1) is 14.0. The molecule has 0 radical (unpaired) electrons. The van der Waals surface area contributed by atoms with E-state index < -0.39 is 10.0 Å². The van der Waals surface area contributed by atoms with Gasteiger partial charge < -0.3 is 5.32 Å². The third-order valence-corrected chi connectivity index (χ3v) is 9.76. The molecule has 4 heterocycles. The Bertz CT molecular complexity index is 948. The summed E-state index contributed by atoms with van der Waals surface area (Å²) in [7, 11) is -3.43. The molecule has 0 bridgehead atoms. The van der Waals surface area contributed by atoms with E-state index in [0.29, 0.717) is 35.3 Å². The van der Waals surface area contributed by atoms with Crippen LogP contribution in [0, 0.1) is 5.92 Å². The van der Waals surface area contributed by atoms with E-state index in [1.54, 1.807) is 28.8 Å². The van der Waals surface area contributed by atoms with Crippen LogP contribution in [0.15, 0.2) is 21.7 Å². The maximum atomic E-state index is 12.7. The predicted octanol–water partition coefficient (Wildman–Crippen LogP) is 3.01. The van der Waals surface area contributed by atoms with Crippen LogP contribution in [0.1, 0.15) is 36.8 Å². The highest BCUT2D eigenvalue weighted by atomic mass is 32.2. The van der Waals surface area contributed by atoms with Gasteiger partial charge in [0.2, 0.25) is 5.91 Å². The molecule has 29 heavy (non-hydrogen) atoms. The van der Waals surface area contributed by atoms with Crippen LogP contribution in [0.2, 0.25) is 0 Å². The molecule has 1 fully saturated rings. The average molecular weight is 455 g/mol. The highest BCUT2D eigenvalue weighted by molar-refractivity contribution is 7.91. The molecule has 1 N–H and O–H groups in total. The lowest BCUT2D eigenvalue weighted by atomic mass is 9.97. The fourth-order valence-corrected chi connectivity index (χ4v) is 7.58. The number of sulfonamides is 1. The van der Waals surface area contributed by atoms with Crippen molar-refractivity contribution in [2.24, 2.45) is 5.92 Å². The quantitative estimate of drug-likeness (QED) is 0.726. The second-order valence-electron chi connectivity index (χ2n) is 7.51. The van der Waals surface area contributed by atoms with Gasteiger partial charge in [0.15, 0.2) is 5.13 Å². The van der Waals surface area contributed by atoms with Gasteiger partial charge in [-0.25, -0.2) is 13.4 Å². The van der Waals surface area contributed by atoms with E-state index in [2.05, 4.69) is 22.1 Å². The van der Waals surface area contributed by atoms with Crippen molar-refractivity contribution in [3.05, 3.63) is 28.1 Å². The molecular weight excluding hydrogens is 428 g/mol. The number of aromatic nitrogens is 1. The van der Waals surface area contributed by atoms with Crippen molar-refractivity contribution in [3.8, 4) is 0 Å². The summed E-state index contributed by atoms with van der Waals surface area (Å²) in [4.78, 5) is 21.0. The number of nitrogens with one attached hydrogen (secondary N) is 1. The van der Waals surface area contributed by atoms with Gasteiger partial charge in [0.1, 0.15) is 4.21 Å². The van der Waals surface area contributed by atoms with Crippen molar-refractivity contribution in [3.63, 3.8) is 0 Å². The Morgan fingerprint density at radius 2 is 2.10 bits per heavy atom. The minimum atomic E-state index is -3.43. The van der Waals surface area contributed by atoms with E-state index in [9.17, 15) is 13.2 Å². The Kier molecular flexibility index (Phi) is 6.35. The number of fused-ring (bicyclic) bond motifs is 1. The number of nitrogens with zero attached hydrogens (tertiary/aromatic N) is 3. The van der Waals surface area contributed by atoms with Crippen LogP contribution in [-0.4, -0.2) is 54.7 Å². The minimum Gasteiger partial charge on any atom is -0.302 e. The number of thiophene rings is 1. The zero-order valence-electron chi connectivity index (χ0n) is 16.5. The molecule has 2 aromatic rings. The molecule has 2 aromatic heterocycles. The molecule has 0 atom stereocenters. The molecule has 1 amide bonds. The Morgan fingerprint density at radius 1 is 1.31 bits per heavy atom. The van der Waals surface area contributed by atoms with E-state index >= 15 is 0 Å². The van der Waals surface area contributed by atoms with Crippen LogP contribution >= 0.6 is 22.7 Å². The third-order valence-electron chi connectivity index (χ3n) is 5.49. The van der Waals surface area contributed by atoms with E-state index in [0.717, 1.165) is 38.2 Å². The first-order valence-electron chi connectivity index (χ1n) is 10.0. The van der Waals surface area contributed by atoms with Crippen LogP contribution in [0.4, 0.5) is 5.13 Å². The summed E-state index contributed by atoms with van der Waals surface area (Å²) in [5.41, 5.74) is 1.11. The number of piperidine rings is 1. The maximum absolute atomic E-state index is 12.7. The van der Waals surface area contributed by atoms with Crippen LogP contribution in [0.25, 0.3) is 0 Å². The average Bonchev–Trinajstić information content (AvgIpc) is 3.38. The molecule has 10 heteroatoms. The summed E-state index contributed by atoms with van der Waals surface area (Å²) in [6, 6.07) is 3.37. The normalized spacial score (nSPS) is 19.2. The van der Waals surface area contributed by atoms with Crippen molar-refractivity contribution in [2.45, 2.75) is 43.4 Å². The third kappa shape index (κ3) is 4.56. The molecule has 2 aliphatic heterocycles. The number of hydrogen-bond acceptors (Lipinski definition) is 7. The molecule has 7 nitrogen and oxygen atoms in total. The Balaban J connectivity index is 1.33. The summed E-state index contributed by atoms with van der Waals surface area (Å²) < 4.78 is 27.1. The van der Waals surface area contributed by atoms with Crippen LogP contribution < -0.4 is 5.32 Å². The highest BCUT2D eigenvalue weighted by Crippen LogP contribution is 2.30. The molecule has 0 aliphatic carbocycles. The van der Waals surface area contributed by atoms with Crippen molar-refractivity contribution >= 4 is 43.7 Å². The van der Waals surface area contributed by atoms with Gasteiger partial charge in [-0.2, -0.15) is 4.31 Å². The van der Waals surface area contributed by atoms with Gasteiger partial charge in [0.05, 0.1) is 5.69 Å². The van der Waals surface area contributed by atoms with Gasteiger partial charge in [-0.1, -0.05) is 13.0 Å². The van der Waals surface area contributed by atoms with Crippen LogP contribution in [0.3, 0.4) is 0 Å². The van der Waals surface area contributed by atoms with E-state index in [-0.39, 0.29) is 11.8 Å². The summed E-state index contributed by atoms with van der Waals surface area (Å²) in [6.45, 7) is 5.96. The van der Waals surface area contributed by atoms with Gasteiger partial charge >= 0.3 is 0 Å². The lowest BCUT2D eigenvalue weighted by molar-refractivity contribution is -0.120. The fourth-order valence-electron chi connectivity index (χ4n) is 3.91. The molecule has 2 aliphatic rings. The standard InChI is InChI=1S/C19H26N4O3S3/c1-2-8-22-9-7-15-16(13-22)28-19(20-15)21-18(24)14-5-10-23(11-6-14)29(25,26)17-4-3-12-27-17/h3-4,12,14H,2,5-11,13H2,1H3,(H,20,21,24).